The quantitative estimate of drug-likeness (QED) is 0.250. The first-order valence-electron chi connectivity index (χ1n) is 11.9. The van der Waals surface area contributed by atoms with E-state index in [0.717, 1.165) is 11.1 Å². The molecule has 2 rings (SSSR count). The Labute approximate surface area is 216 Å². The molecule has 0 bridgehead atoms. The summed E-state index contributed by atoms with van der Waals surface area (Å²) in [4.78, 5) is 48.9. The van der Waals surface area contributed by atoms with Crippen LogP contribution in [0.25, 0.3) is 0 Å². The third-order valence-corrected chi connectivity index (χ3v) is 7.35. The van der Waals surface area contributed by atoms with Crippen LogP contribution in [0.15, 0.2) is 60.7 Å². The van der Waals surface area contributed by atoms with Crippen molar-refractivity contribution < 1.29 is 32.7 Å². The van der Waals surface area contributed by atoms with Gasteiger partial charge in [0, 0.05) is 11.8 Å². The average molecular weight is 532 g/mol. The van der Waals surface area contributed by atoms with E-state index in [0.29, 0.717) is 6.42 Å². The standard InChI is InChI=1S/C26H33N3O7S/c1-18(21(25(27)33)13-12-19-8-4-2-5-9-19)26(34)29-22(16-24(31)32)23(30)17-28-37(35,36)15-14-20-10-6-3-7-11-20/h2-11,18,21-22,28H,12-17H2,1H3,(H2,27,33)(H,29,34)(H,31,32). The second-order valence-electron chi connectivity index (χ2n) is 8.82. The number of benzene rings is 2. The molecule has 200 valence electrons. The highest BCUT2D eigenvalue weighted by Crippen LogP contribution is 2.19. The van der Waals surface area contributed by atoms with Gasteiger partial charge in [-0.3, -0.25) is 19.2 Å². The van der Waals surface area contributed by atoms with Crippen molar-refractivity contribution in [1.29, 1.82) is 0 Å². The SMILES string of the molecule is CC(C(=O)NC(CC(=O)O)C(=O)CNS(=O)(=O)CCc1ccccc1)C(CCc1ccccc1)C(N)=O. The van der Waals surface area contributed by atoms with E-state index in [4.69, 9.17) is 5.73 Å². The van der Waals surface area contributed by atoms with E-state index in [1.807, 2.05) is 36.4 Å². The number of aliphatic carboxylic acids is 1. The maximum Gasteiger partial charge on any atom is 0.305 e. The summed E-state index contributed by atoms with van der Waals surface area (Å²) in [5.74, 6) is -5.63. The fourth-order valence-electron chi connectivity index (χ4n) is 3.78. The Bertz CT molecular complexity index is 1170. The highest BCUT2D eigenvalue weighted by Gasteiger charge is 2.32. The number of carboxylic acids is 1. The summed E-state index contributed by atoms with van der Waals surface area (Å²) in [6, 6.07) is 16.8. The zero-order chi connectivity index (χ0) is 27.4. The van der Waals surface area contributed by atoms with Gasteiger partial charge in [-0.1, -0.05) is 67.6 Å². The van der Waals surface area contributed by atoms with Crippen molar-refractivity contribution in [1.82, 2.24) is 10.0 Å². The summed E-state index contributed by atoms with van der Waals surface area (Å²) in [5.41, 5.74) is 7.28. The van der Waals surface area contributed by atoms with Gasteiger partial charge in [0.25, 0.3) is 0 Å². The lowest BCUT2D eigenvalue weighted by molar-refractivity contribution is -0.141. The van der Waals surface area contributed by atoms with Crippen LogP contribution in [0.2, 0.25) is 0 Å². The molecule has 0 saturated carbocycles. The van der Waals surface area contributed by atoms with Gasteiger partial charge in [-0.25, -0.2) is 13.1 Å². The van der Waals surface area contributed by atoms with Crippen molar-refractivity contribution in [3.8, 4) is 0 Å². The minimum Gasteiger partial charge on any atom is -0.481 e. The van der Waals surface area contributed by atoms with E-state index in [1.54, 1.807) is 24.3 Å². The van der Waals surface area contributed by atoms with Crippen molar-refractivity contribution in [2.45, 2.75) is 38.6 Å². The first-order valence-corrected chi connectivity index (χ1v) is 13.5. The Morgan fingerprint density at radius 1 is 0.919 bits per heavy atom. The van der Waals surface area contributed by atoms with Gasteiger partial charge in [-0.2, -0.15) is 0 Å². The van der Waals surface area contributed by atoms with Crippen LogP contribution in [0.4, 0.5) is 0 Å². The smallest absolute Gasteiger partial charge is 0.305 e. The van der Waals surface area contributed by atoms with E-state index >= 15 is 0 Å². The van der Waals surface area contributed by atoms with Crippen LogP contribution in [-0.4, -0.2) is 55.4 Å². The molecule has 0 aromatic heterocycles. The molecule has 0 spiro atoms. The fraction of sp³-hybridized carbons (Fsp3) is 0.385. The van der Waals surface area contributed by atoms with E-state index in [1.165, 1.54) is 6.92 Å². The number of nitrogens with two attached hydrogens (primary N) is 1. The maximum absolute atomic E-state index is 12.9. The first kappa shape index (κ1) is 29.7. The number of carboxylic acid groups (broad SMARTS) is 1. The van der Waals surface area contributed by atoms with Crippen LogP contribution in [0.3, 0.4) is 0 Å². The van der Waals surface area contributed by atoms with Gasteiger partial charge >= 0.3 is 5.97 Å². The third kappa shape index (κ3) is 10.5. The van der Waals surface area contributed by atoms with Gasteiger partial charge in [0.05, 0.1) is 24.8 Å². The first-order chi connectivity index (χ1) is 17.5. The lowest BCUT2D eigenvalue weighted by Gasteiger charge is -2.23. The third-order valence-electron chi connectivity index (χ3n) is 6.02. The summed E-state index contributed by atoms with van der Waals surface area (Å²) in [5, 5.41) is 11.6. The van der Waals surface area contributed by atoms with Crippen LogP contribution in [0, 0.1) is 11.8 Å². The molecule has 0 aliphatic carbocycles. The maximum atomic E-state index is 12.9. The molecule has 5 N–H and O–H groups in total. The highest BCUT2D eigenvalue weighted by molar-refractivity contribution is 7.89. The topological polar surface area (TPSA) is 173 Å². The van der Waals surface area contributed by atoms with Gasteiger partial charge in [-0.15, -0.1) is 0 Å². The van der Waals surface area contributed by atoms with Crippen LogP contribution in [-0.2, 0) is 42.0 Å². The number of carbonyl (C=O) groups excluding carboxylic acids is 3. The minimum absolute atomic E-state index is 0.231. The van der Waals surface area contributed by atoms with Gasteiger partial charge in [0.2, 0.25) is 21.8 Å². The molecule has 37 heavy (non-hydrogen) atoms. The van der Waals surface area contributed by atoms with Gasteiger partial charge in [-0.05, 0) is 30.4 Å². The molecule has 0 aliphatic rings. The molecule has 0 fully saturated rings. The zero-order valence-corrected chi connectivity index (χ0v) is 21.4. The Morgan fingerprint density at radius 2 is 1.46 bits per heavy atom. The lowest BCUT2D eigenvalue weighted by atomic mass is 9.86. The number of Topliss-reactive ketones (excluding diaryl/α,β-unsaturated/α-hetero) is 1. The predicted octanol–water partition coefficient (Wildman–Crippen LogP) is 1.05. The molecule has 0 radical (unpaired) electrons. The summed E-state index contributed by atoms with van der Waals surface area (Å²) < 4.78 is 26.8. The highest BCUT2D eigenvalue weighted by atomic mass is 32.2. The Hall–Kier alpha value is -3.57. The molecule has 2 aromatic carbocycles. The van der Waals surface area contributed by atoms with Gasteiger partial charge in [0.1, 0.15) is 0 Å². The second kappa shape index (κ2) is 14.2. The summed E-state index contributed by atoms with van der Waals surface area (Å²) >= 11 is 0. The molecular formula is C26H33N3O7S. The normalized spacial score (nSPS) is 13.8. The number of primary amides is 1. The van der Waals surface area contributed by atoms with Gasteiger partial charge < -0.3 is 16.2 Å². The molecule has 0 saturated heterocycles. The summed E-state index contributed by atoms with van der Waals surface area (Å²) in [6.07, 6.45) is 0.268. The molecule has 0 aliphatic heterocycles. The number of aryl methyl sites for hydroxylation is 2. The number of carbonyl (C=O) groups is 4. The monoisotopic (exact) mass is 531 g/mol. The van der Waals surface area contributed by atoms with Crippen molar-refractivity contribution in [2.75, 3.05) is 12.3 Å². The molecule has 0 heterocycles. The minimum atomic E-state index is -3.83. The largest absolute Gasteiger partial charge is 0.481 e. The molecule has 11 heteroatoms. The molecule has 2 aromatic rings. The number of amides is 2. The fourth-order valence-corrected chi connectivity index (χ4v) is 4.80. The number of hydrogen-bond acceptors (Lipinski definition) is 6. The summed E-state index contributed by atoms with van der Waals surface area (Å²) in [6.45, 7) is 0.793. The molecular weight excluding hydrogens is 498 g/mol. The van der Waals surface area contributed by atoms with Crippen LogP contribution < -0.4 is 15.8 Å². The summed E-state index contributed by atoms with van der Waals surface area (Å²) in [7, 11) is -3.83. The van der Waals surface area contributed by atoms with E-state index in [9.17, 15) is 32.7 Å². The number of hydrogen-bond donors (Lipinski definition) is 4. The number of nitrogens with one attached hydrogen (secondary N) is 2. The molecule has 3 unspecified atom stereocenters. The number of sulfonamides is 1. The molecule has 3 atom stereocenters. The molecule has 10 nitrogen and oxygen atoms in total. The van der Waals surface area contributed by atoms with Crippen molar-refractivity contribution in [3.05, 3.63) is 71.8 Å². The lowest BCUT2D eigenvalue weighted by Crippen LogP contribution is -2.49. The molecule has 2 amide bonds. The van der Waals surface area contributed by atoms with Crippen molar-refractivity contribution in [3.63, 3.8) is 0 Å². The van der Waals surface area contributed by atoms with E-state index in [2.05, 4.69) is 10.0 Å². The van der Waals surface area contributed by atoms with E-state index < -0.39 is 64.4 Å². The van der Waals surface area contributed by atoms with Crippen LogP contribution in [0.1, 0.15) is 30.9 Å². The number of rotatable bonds is 16. The Morgan fingerprint density at radius 3 is 1.97 bits per heavy atom. The van der Waals surface area contributed by atoms with E-state index in [-0.39, 0.29) is 18.6 Å². The predicted molar refractivity (Wildman–Crippen MR) is 138 cm³/mol. The van der Waals surface area contributed by atoms with Crippen LogP contribution in [0.5, 0.6) is 0 Å². The van der Waals surface area contributed by atoms with Crippen molar-refractivity contribution in [2.24, 2.45) is 17.6 Å². The van der Waals surface area contributed by atoms with Crippen molar-refractivity contribution >= 4 is 33.6 Å². The van der Waals surface area contributed by atoms with Gasteiger partial charge in [0.15, 0.2) is 5.78 Å². The second-order valence-corrected chi connectivity index (χ2v) is 10.7. The average Bonchev–Trinajstić information content (AvgIpc) is 2.86. The Kier molecular flexibility index (Phi) is 11.4. The Balaban J connectivity index is 1.98. The number of ketones is 1. The van der Waals surface area contributed by atoms with Crippen LogP contribution >= 0.6 is 0 Å². The zero-order valence-electron chi connectivity index (χ0n) is 20.6.